The number of nitrogens with one attached hydrogen (secondary N) is 1. The van der Waals surface area contributed by atoms with Crippen molar-refractivity contribution in [3.8, 4) is 0 Å². The van der Waals surface area contributed by atoms with Gasteiger partial charge in [-0.2, -0.15) is 0 Å². The van der Waals surface area contributed by atoms with E-state index in [1.807, 2.05) is 6.08 Å². The Bertz CT molecular complexity index is 1330. The van der Waals surface area contributed by atoms with Crippen LogP contribution in [0.15, 0.2) is 122 Å². The number of aliphatic hydroxyl groups is 2. The van der Waals surface area contributed by atoms with Gasteiger partial charge in [-0.15, -0.1) is 0 Å². The summed E-state index contributed by atoms with van der Waals surface area (Å²) in [6.45, 7) is 4.19. The number of aliphatic hydroxyl groups excluding tert-OH is 2. The van der Waals surface area contributed by atoms with Crippen LogP contribution in [0.5, 0.6) is 0 Å². The monoisotopic (exact) mass is 926 g/mol. The minimum Gasteiger partial charge on any atom is -0.394 e. The number of hydrogen-bond donors (Lipinski definition) is 3. The molecular weight excluding hydrogens is 819 g/mol. The topological polar surface area (TPSA) is 69.6 Å². The number of rotatable bonds is 50. The highest BCUT2D eigenvalue weighted by Gasteiger charge is 2.17. The SMILES string of the molecule is CC/C=C\C/C=C\C/C=C\C/C=C\C/C=C\C/C=C\C/C=C\C/C=C\CCCCCCCCCCC(=O)NC(CO)C(O)/C=C/CC/C=C/CCCCCCCCCCCCCCCCCC. The minimum atomic E-state index is -0.875. The molecule has 0 aliphatic rings. The fraction of sp³-hybridized carbons (Fsp3) is 0.667. The van der Waals surface area contributed by atoms with E-state index in [9.17, 15) is 15.0 Å². The summed E-state index contributed by atoms with van der Waals surface area (Å²) in [5.41, 5.74) is 0. The summed E-state index contributed by atoms with van der Waals surface area (Å²) in [6.07, 6.45) is 87.8. The summed E-state index contributed by atoms with van der Waals surface area (Å²) >= 11 is 0. The predicted octanol–water partition coefficient (Wildman–Crippen LogP) is 18.9. The second-order valence-electron chi connectivity index (χ2n) is 18.6. The van der Waals surface area contributed by atoms with Crippen molar-refractivity contribution in [2.45, 2.75) is 264 Å². The van der Waals surface area contributed by atoms with Gasteiger partial charge >= 0.3 is 0 Å². The van der Waals surface area contributed by atoms with E-state index in [1.165, 1.54) is 135 Å². The highest BCUT2D eigenvalue weighted by atomic mass is 16.3. The Labute approximate surface area is 416 Å². The van der Waals surface area contributed by atoms with Crippen LogP contribution >= 0.6 is 0 Å². The van der Waals surface area contributed by atoms with Gasteiger partial charge in [-0.25, -0.2) is 0 Å². The molecule has 0 radical (unpaired) electrons. The molecule has 0 spiro atoms. The smallest absolute Gasteiger partial charge is 0.220 e. The van der Waals surface area contributed by atoms with Crippen molar-refractivity contribution in [1.29, 1.82) is 0 Å². The third-order valence-corrected chi connectivity index (χ3v) is 12.2. The Morgan fingerprint density at radius 3 is 1.04 bits per heavy atom. The van der Waals surface area contributed by atoms with Crippen molar-refractivity contribution in [3.05, 3.63) is 122 Å². The van der Waals surface area contributed by atoms with Gasteiger partial charge in [0.05, 0.1) is 18.8 Å². The lowest BCUT2D eigenvalue weighted by Gasteiger charge is -2.19. The molecule has 0 aromatic rings. The number of unbranched alkanes of at least 4 members (excludes halogenated alkanes) is 25. The van der Waals surface area contributed by atoms with Gasteiger partial charge in [0.25, 0.3) is 0 Å². The van der Waals surface area contributed by atoms with Crippen molar-refractivity contribution in [2.75, 3.05) is 6.61 Å². The van der Waals surface area contributed by atoms with E-state index >= 15 is 0 Å². The van der Waals surface area contributed by atoms with E-state index in [0.717, 1.165) is 96.3 Å². The average Bonchev–Trinajstić information content (AvgIpc) is 3.33. The van der Waals surface area contributed by atoms with E-state index in [2.05, 4.69) is 129 Å². The van der Waals surface area contributed by atoms with Crippen molar-refractivity contribution >= 4 is 5.91 Å². The molecule has 0 aliphatic heterocycles. The second-order valence-corrected chi connectivity index (χ2v) is 18.6. The molecule has 1 amide bonds. The molecule has 382 valence electrons. The molecule has 2 atom stereocenters. The first-order valence-corrected chi connectivity index (χ1v) is 28.2. The molecule has 2 unspecified atom stereocenters. The maximum absolute atomic E-state index is 12.5. The summed E-state index contributed by atoms with van der Waals surface area (Å²) in [4.78, 5) is 12.5. The molecule has 0 saturated heterocycles. The fourth-order valence-corrected chi connectivity index (χ4v) is 7.92. The molecule has 0 rings (SSSR count). The van der Waals surface area contributed by atoms with Gasteiger partial charge in [0.1, 0.15) is 0 Å². The first kappa shape index (κ1) is 63.8. The molecule has 0 saturated carbocycles. The van der Waals surface area contributed by atoms with Crippen LogP contribution in [0, 0.1) is 0 Å². The number of carbonyl (C=O) groups is 1. The number of amides is 1. The molecule has 3 N–H and O–H groups in total. The summed E-state index contributed by atoms with van der Waals surface area (Å²) in [5, 5.41) is 23.1. The van der Waals surface area contributed by atoms with Gasteiger partial charge in [0.2, 0.25) is 5.91 Å². The molecule has 0 fully saturated rings. The predicted molar refractivity (Wildman–Crippen MR) is 299 cm³/mol. The molecule has 4 nitrogen and oxygen atoms in total. The van der Waals surface area contributed by atoms with E-state index in [-0.39, 0.29) is 12.5 Å². The Morgan fingerprint density at radius 1 is 0.373 bits per heavy atom. The summed E-state index contributed by atoms with van der Waals surface area (Å²) in [7, 11) is 0. The van der Waals surface area contributed by atoms with Gasteiger partial charge in [-0.3, -0.25) is 4.79 Å². The van der Waals surface area contributed by atoms with Crippen molar-refractivity contribution < 1.29 is 15.0 Å². The van der Waals surface area contributed by atoms with Crippen LogP contribution in [0.25, 0.3) is 0 Å². The van der Waals surface area contributed by atoms with Crippen molar-refractivity contribution in [2.24, 2.45) is 0 Å². The lowest BCUT2D eigenvalue weighted by molar-refractivity contribution is -0.123. The first-order chi connectivity index (χ1) is 33.2. The van der Waals surface area contributed by atoms with E-state index in [0.29, 0.717) is 6.42 Å². The molecule has 67 heavy (non-hydrogen) atoms. The van der Waals surface area contributed by atoms with Crippen LogP contribution in [0.2, 0.25) is 0 Å². The molecule has 0 bridgehead atoms. The average molecular weight is 927 g/mol. The summed E-state index contributed by atoms with van der Waals surface area (Å²) < 4.78 is 0. The zero-order valence-electron chi connectivity index (χ0n) is 43.9. The van der Waals surface area contributed by atoms with Crippen LogP contribution in [0.1, 0.15) is 251 Å². The van der Waals surface area contributed by atoms with E-state index in [4.69, 9.17) is 0 Å². The molecular formula is C63H107NO3. The largest absolute Gasteiger partial charge is 0.394 e. The molecule has 0 aromatic carbocycles. The van der Waals surface area contributed by atoms with E-state index < -0.39 is 12.1 Å². The first-order valence-electron chi connectivity index (χ1n) is 28.2. The molecule has 0 aromatic heterocycles. The third kappa shape index (κ3) is 53.6. The maximum atomic E-state index is 12.5. The lowest BCUT2D eigenvalue weighted by Crippen LogP contribution is -2.45. The standard InChI is InChI=1S/C63H107NO3/c1-3-5-7-9-11-13-15-17-19-21-23-25-27-28-29-30-31-32-33-34-35-36-37-39-41-43-45-47-49-51-53-55-57-59-63(67)64-61(60-65)62(66)58-56-54-52-50-48-46-44-42-40-38-26-24-22-20-18-16-14-12-10-8-6-4-2/h5,7,11,13,17,19,23,25,28-29,31-32,34-35,37,39,48,50,56,58,61-62,65-66H,3-4,6,8-10,12,14-16,18,20-22,24,26-27,30,33,36,38,40-47,49,51-55,57,59-60H2,1-2H3,(H,64,67)/b7-5-,13-11-,19-17-,25-23-,29-28-,32-31-,35-34-,39-37-,50-48+,58-56+. The van der Waals surface area contributed by atoms with Crippen LogP contribution < -0.4 is 5.32 Å². The number of hydrogen-bond acceptors (Lipinski definition) is 3. The maximum Gasteiger partial charge on any atom is 0.220 e. The van der Waals surface area contributed by atoms with Crippen LogP contribution in [0.4, 0.5) is 0 Å². The van der Waals surface area contributed by atoms with Gasteiger partial charge in [0.15, 0.2) is 0 Å². The minimum absolute atomic E-state index is 0.0862. The Balaban J connectivity index is 3.64. The molecule has 0 heterocycles. The Morgan fingerprint density at radius 2 is 0.672 bits per heavy atom. The molecule has 0 aliphatic carbocycles. The van der Waals surface area contributed by atoms with Gasteiger partial charge in [0, 0.05) is 6.42 Å². The second kappa shape index (κ2) is 57.1. The highest BCUT2D eigenvalue weighted by Crippen LogP contribution is 2.15. The lowest BCUT2D eigenvalue weighted by atomic mass is 10.0. The Hall–Kier alpha value is -3.21. The van der Waals surface area contributed by atoms with Crippen LogP contribution in [-0.4, -0.2) is 34.9 Å². The quantitative estimate of drug-likeness (QED) is 0.0421. The zero-order chi connectivity index (χ0) is 48.5. The van der Waals surface area contributed by atoms with Gasteiger partial charge in [-0.1, -0.05) is 270 Å². The van der Waals surface area contributed by atoms with Gasteiger partial charge in [-0.05, 0) is 96.3 Å². The molecule has 4 heteroatoms. The number of allylic oxidation sites excluding steroid dienone is 19. The van der Waals surface area contributed by atoms with Crippen LogP contribution in [-0.2, 0) is 4.79 Å². The Kier molecular flexibility index (Phi) is 54.4. The van der Waals surface area contributed by atoms with E-state index in [1.54, 1.807) is 6.08 Å². The zero-order valence-corrected chi connectivity index (χ0v) is 43.9. The van der Waals surface area contributed by atoms with Crippen molar-refractivity contribution in [3.63, 3.8) is 0 Å². The van der Waals surface area contributed by atoms with Crippen LogP contribution in [0.3, 0.4) is 0 Å². The third-order valence-electron chi connectivity index (χ3n) is 12.2. The normalized spacial score (nSPS) is 13.8. The van der Waals surface area contributed by atoms with Crippen molar-refractivity contribution in [1.82, 2.24) is 5.32 Å². The fourth-order valence-electron chi connectivity index (χ4n) is 7.92. The van der Waals surface area contributed by atoms with Gasteiger partial charge < -0.3 is 15.5 Å². The summed E-state index contributed by atoms with van der Waals surface area (Å²) in [6, 6.07) is -0.653. The highest BCUT2D eigenvalue weighted by molar-refractivity contribution is 5.76. The summed E-state index contributed by atoms with van der Waals surface area (Å²) in [5.74, 6) is -0.0862. The number of carbonyl (C=O) groups excluding carboxylic acids is 1.